The third-order valence-corrected chi connectivity index (χ3v) is 8.18. The Balaban J connectivity index is 1.44. The summed E-state index contributed by atoms with van der Waals surface area (Å²) in [6.07, 6.45) is 2.87. The van der Waals surface area contributed by atoms with Crippen LogP contribution in [-0.2, 0) is 11.2 Å². The molecule has 9 heteroatoms. The molecule has 0 aliphatic rings. The standard InChI is InChI=1S/C33H31N3O5S/c1-18-15-26-30(19(2)16-28(38)40-26)32-29(18)22(31(41-32)20-9-11-21(39-3)12-10-20)17-27(37)34-25(13-14-42-4)33-35-23-7-5-6-8-24(23)36-33/h5-12,15-16,25H,13-14,17H2,1-4H3,(H,34,37)(H,35,36)/t25-/m0/s1. The lowest BCUT2D eigenvalue weighted by Crippen LogP contribution is -2.31. The lowest BCUT2D eigenvalue weighted by atomic mass is 9.97. The normalized spacial score (nSPS) is 12.3. The first-order chi connectivity index (χ1) is 20.4. The summed E-state index contributed by atoms with van der Waals surface area (Å²) < 4.78 is 17.5. The number of carbonyl (C=O) groups is 1. The van der Waals surface area contributed by atoms with E-state index in [0.717, 1.165) is 67.8 Å². The maximum atomic E-state index is 13.8. The highest BCUT2D eigenvalue weighted by molar-refractivity contribution is 7.98. The number of aromatic nitrogens is 2. The Bertz CT molecular complexity index is 1950. The van der Waals surface area contributed by atoms with Crippen molar-refractivity contribution in [2.45, 2.75) is 32.7 Å². The van der Waals surface area contributed by atoms with E-state index in [1.807, 2.05) is 74.7 Å². The summed E-state index contributed by atoms with van der Waals surface area (Å²) in [5, 5.41) is 4.79. The molecular weight excluding hydrogens is 550 g/mol. The quantitative estimate of drug-likeness (QED) is 0.180. The molecular formula is C33H31N3O5S. The minimum absolute atomic E-state index is 0.0898. The van der Waals surface area contributed by atoms with Crippen molar-refractivity contribution in [2.75, 3.05) is 19.1 Å². The molecule has 0 saturated heterocycles. The summed E-state index contributed by atoms with van der Waals surface area (Å²) in [6, 6.07) is 18.4. The number of ether oxygens (including phenoxy) is 1. The average Bonchev–Trinajstić information content (AvgIpc) is 3.57. The van der Waals surface area contributed by atoms with Crippen molar-refractivity contribution in [1.29, 1.82) is 0 Å². The number of aryl methyl sites for hydroxylation is 2. The number of fused-ring (bicyclic) bond motifs is 4. The van der Waals surface area contributed by atoms with Crippen LogP contribution >= 0.6 is 11.8 Å². The molecule has 0 unspecified atom stereocenters. The lowest BCUT2D eigenvalue weighted by molar-refractivity contribution is -0.121. The van der Waals surface area contributed by atoms with Crippen LogP contribution in [0.1, 0.15) is 35.0 Å². The topological polar surface area (TPSA) is 110 Å². The first-order valence-corrected chi connectivity index (χ1v) is 15.1. The van der Waals surface area contributed by atoms with E-state index in [4.69, 9.17) is 18.6 Å². The van der Waals surface area contributed by atoms with Gasteiger partial charge in [0.2, 0.25) is 5.91 Å². The van der Waals surface area contributed by atoms with Crippen LogP contribution in [0, 0.1) is 13.8 Å². The van der Waals surface area contributed by atoms with Gasteiger partial charge < -0.3 is 23.9 Å². The van der Waals surface area contributed by atoms with E-state index in [1.165, 1.54) is 6.07 Å². The summed E-state index contributed by atoms with van der Waals surface area (Å²) in [4.78, 5) is 34.1. The molecule has 6 aromatic rings. The number of benzene rings is 3. The number of H-pyrrole nitrogens is 1. The second kappa shape index (κ2) is 11.4. The number of furan rings is 1. The second-order valence-corrected chi connectivity index (χ2v) is 11.4. The largest absolute Gasteiger partial charge is 0.497 e. The monoisotopic (exact) mass is 581 g/mol. The van der Waals surface area contributed by atoms with Crippen molar-refractivity contribution in [3.05, 3.63) is 93.6 Å². The zero-order chi connectivity index (χ0) is 29.4. The summed E-state index contributed by atoms with van der Waals surface area (Å²) >= 11 is 1.72. The van der Waals surface area contributed by atoms with Crippen LogP contribution in [0.2, 0.25) is 0 Å². The number of para-hydroxylation sites is 2. The van der Waals surface area contributed by atoms with Gasteiger partial charge in [0.15, 0.2) is 0 Å². The predicted molar refractivity (Wildman–Crippen MR) is 167 cm³/mol. The molecule has 0 radical (unpaired) electrons. The number of imidazole rings is 1. The van der Waals surface area contributed by atoms with Gasteiger partial charge in [0.05, 0.1) is 36.0 Å². The molecule has 6 rings (SSSR count). The Hall–Kier alpha value is -4.50. The van der Waals surface area contributed by atoms with Gasteiger partial charge in [-0.25, -0.2) is 9.78 Å². The van der Waals surface area contributed by atoms with Gasteiger partial charge in [-0.1, -0.05) is 12.1 Å². The van der Waals surface area contributed by atoms with Crippen LogP contribution < -0.4 is 15.7 Å². The van der Waals surface area contributed by atoms with Crippen molar-refractivity contribution in [2.24, 2.45) is 0 Å². The van der Waals surface area contributed by atoms with Gasteiger partial charge in [0.1, 0.15) is 28.5 Å². The number of rotatable bonds is 9. The molecule has 3 heterocycles. The maximum Gasteiger partial charge on any atom is 0.336 e. The highest BCUT2D eigenvalue weighted by Gasteiger charge is 2.25. The van der Waals surface area contributed by atoms with E-state index in [9.17, 15) is 9.59 Å². The molecule has 42 heavy (non-hydrogen) atoms. The van der Waals surface area contributed by atoms with E-state index in [-0.39, 0.29) is 18.4 Å². The number of carbonyl (C=O) groups excluding carboxylic acids is 1. The van der Waals surface area contributed by atoms with E-state index in [2.05, 4.69) is 10.3 Å². The Morgan fingerprint density at radius 3 is 2.55 bits per heavy atom. The Labute approximate surface area is 246 Å². The summed E-state index contributed by atoms with van der Waals surface area (Å²) in [6.45, 7) is 3.80. The second-order valence-electron chi connectivity index (χ2n) is 10.4. The zero-order valence-corrected chi connectivity index (χ0v) is 24.7. The number of nitrogens with zero attached hydrogens (tertiary/aromatic N) is 1. The highest BCUT2D eigenvalue weighted by atomic mass is 32.2. The molecule has 8 nitrogen and oxygen atoms in total. The zero-order valence-electron chi connectivity index (χ0n) is 23.9. The summed E-state index contributed by atoms with van der Waals surface area (Å²) in [5.74, 6) is 2.77. The van der Waals surface area contributed by atoms with Crippen molar-refractivity contribution in [3.8, 4) is 17.1 Å². The van der Waals surface area contributed by atoms with Crippen molar-refractivity contribution in [3.63, 3.8) is 0 Å². The van der Waals surface area contributed by atoms with Crippen LogP contribution in [-0.4, -0.2) is 35.0 Å². The van der Waals surface area contributed by atoms with Gasteiger partial charge >= 0.3 is 5.63 Å². The molecule has 2 N–H and O–H groups in total. The van der Waals surface area contributed by atoms with E-state index >= 15 is 0 Å². The minimum Gasteiger partial charge on any atom is -0.497 e. The van der Waals surface area contributed by atoms with Gasteiger partial charge in [0.25, 0.3) is 0 Å². The van der Waals surface area contributed by atoms with Crippen LogP contribution in [0.4, 0.5) is 0 Å². The molecule has 0 bridgehead atoms. The van der Waals surface area contributed by atoms with E-state index in [0.29, 0.717) is 16.9 Å². The van der Waals surface area contributed by atoms with Crippen molar-refractivity contribution in [1.82, 2.24) is 15.3 Å². The fraction of sp³-hybridized carbons (Fsp3) is 0.242. The van der Waals surface area contributed by atoms with Crippen LogP contribution in [0.15, 0.2) is 74.3 Å². The molecule has 1 atom stereocenters. The van der Waals surface area contributed by atoms with Crippen LogP contribution in [0.3, 0.4) is 0 Å². The molecule has 1 amide bonds. The number of thioether (sulfide) groups is 1. The number of aromatic amines is 1. The first kappa shape index (κ1) is 27.7. The van der Waals surface area contributed by atoms with Gasteiger partial charge in [-0.15, -0.1) is 0 Å². The number of amides is 1. The maximum absolute atomic E-state index is 13.8. The summed E-state index contributed by atoms with van der Waals surface area (Å²) in [5.41, 5.74) is 5.62. The number of nitrogens with one attached hydrogen (secondary N) is 2. The molecule has 0 aliphatic heterocycles. The average molecular weight is 582 g/mol. The lowest BCUT2D eigenvalue weighted by Gasteiger charge is -2.16. The first-order valence-electron chi connectivity index (χ1n) is 13.7. The van der Waals surface area contributed by atoms with Crippen molar-refractivity contribution < 1.29 is 18.4 Å². The molecule has 0 aliphatic carbocycles. The Morgan fingerprint density at radius 2 is 1.81 bits per heavy atom. The minimum atomic E-state index is -0.415. The predicted octanol–water partition coefficient (Wildman–Crippen LogP) is 6.86. The molecule has 214 valence electrons. The molecule has 3 aromatic heterocycles. The fourth-order valence-corrected chi connectivity index (χ4v) is 6.02. The fourth-order valence-electron chi connectivity index (χ4n) is 5.55. The third-order valence-electron chi connectivity index (χ3n) is 7.53. The van der Waals surface area contributed by atoms with Gasteiger partial charge in [-0.3, -0.25) is 4.79 Å². The Morgan fingerprint density at radius 1 is 1.05 bits per heavy atom. The van der Waals surface area contributed by atoms with E-state index < -0.39 is 5.63 Å². The molecule has 0 spiro atoms. The SMILES string of the molecule is COc1ccc(-c2oc3c(c(C)cc4oc(=O)cc(C)c43)c2CC(=O)N[C@@H](CCSC)c2nc3ccccc3[nH]2)cc1. The number of hydrogen-bond donors (Lipinski definition) is 2. The van der Waals surface area contributed by atoms with Gasteiger partial charge in [-0.2, -0.15) is 11.8 Å². The van der Waals surface area contributed by atoms with E-state index in [1.54, 1.807) is 18.9 Å². The highest BCUT2D eigenvalue weighted by Crippen LogP contribution is 2.40. The third kappa shape index (κ3) is 5.16. The number of methoxy groups -OCH3 is 1. The Kier molecular flexibility index (Phi) is 7.51. The molecule has 3 aromatic carbocycles. The molecule has 0 fully saturated rings. The van der Waals surface area contributed by atoms with Gasteiger partial charge in [-0.05, 0) is 85.9 Å². The van der Waals surface area contributed by atoms with Gasteiger partial charge in [0, 0.05) is 22.6 Å². The van der Waals surface area contributed by atoms with Crippen LogP contribution in [0.25, 0.3) is 44.3 Å². The summed E-state index contributed by atoms with van der Waals surface area (Å²) in [7, 11) is 1.62. The molecule has 0 saturated carbocycles. The number of hydrogen-bond acceptors (Lipinski definition) is 7. The smallest absolute Gasteiger partial charge is 0.336 e. The van der Waals surface area contributed by atoms with Crippen molar-refractivity contribution >= 4 is 50.6 Å². The van der Waals surface area contributed by atoms with Crippen LogP contribution in [0.5, 0.6) is 5.75 Å².